The van der Waals surface area contributed by atoms with E-state index in [1.165, 1.54) is 13.1 Å². The smallest absolute Gasteiger partial charge is 0.326 e. The third-order valence-electron chi connectivity index (χ3n) is 4.82. The number of carbonyl (C=O) groups is 2. The van der Waals surface area contributed by atoms with E-state index >= 15 is 0 Å². The first kappa shape index (κ1) is 22.7. The van der Waals surface area contributed by atoms with Crippen molar-refractivity contribution in [2.75, 3.05) is 43.4 Å². The van der Waals surface area contributed by atoms with Crippen molar-refractivity contribution in [3.8, 4) is 0 Å². The Labute approximate surface area is 178 Å². The van der Waals surface area contributed by atoms with Crippen molar-refractivity contribution in [2.24, 2.45) is 0 Å². The topological polar surface area (TPSA) is 77.6 Å². The maximum absolute atomic E-state index is 12.8. The molecule has 1 aromatic heterocycles. The van der Waals surface area contributed by atoms with Crippen molar-refractivity contribution in [1.82, 2.24) is 14.8 Å². The highest BCUT2D eigenvalue weighted by Crippen LogP contribution is 2.28. The Hall–Kier alpha value is -2.98. The van der Waals surface area contributed by atoms with Gasteiger partial charge in [0.2, 0.25) is 11.8 Å². The van der Waals surface area contributed by atoms with Crippen LogP contribution in [0.5, 0.6) is 0 Å². The van der Waals surface area contributed by atoms with E-state index in [-0.39, 0.29) is 18.4 Å². The lowest BCUT2D eigenvalue weighted by Gasteiger charge is -2.34. The molecule has 2 N–H and O–H groups in total. The minimum atomic E-state index is -4.45. The molecule has 1 saturated heterocycles. The van der Waals surface area contributed by atoms with E-state index in [4.69, 9.17) is 0 Å². The van der Waals surface area contributed by atoms with E-state index in [2.05, 4.69) is 20.5 Å². The van der Waals surface area contributed by atoms with Gasteiger partial charge in [-0.15, -0.1) is 0 Å². The number of alkyl halides is 3. The number of benzene rings is 1. The number of piperazine rings is 1. The van der Waals surface area contributed by atoms with Gasteiger partial charge in [0.05, 0.1) is 6.54 Å². The molecule has 2 amide bonds. The molecule has 0 aliphatic carbocycles. The number of carbonyl (C=O) groups excluding carboxylic acids is 2. The number of anilines is 2. The second kappa shape index (κ2) is 9.88. The number of nitrogens with one attached hydrogen (secondary N) is 2. The van der Waals surface area contributed by atoms with Gasteiger partial charge in [0.1, 0.15) is 5.69 Å². The predicted octanol–water partition coefficient (Wildman–Crippen LogP) is 2.82. The number of halogens is 3. The lowest BCUT2D eigenvalue weighted by molar-refractivity contribution is -0.141. The Balaban J connectivity index is 1.46. The summed E-state index contributed by atoms with van der Waals surface area (Å²) in [6.45, 7) is 4.60. The van der Waals surface area contributed by atoms with E-state index in [1.807, 2.05) is 4.90 Å². The molecular formula is C21H24F3N5O2. The van der Waals surface area contributed by atoms with Crippen LogP contribution in [0.4, 0.5) is 24.5 Å². The number of pyridine rings is 1. The van der Waals surface area contributed by atoms with Crippen LogP contribution in [0.3, 0.4) is 0 Å². The van der Waals surface area contributed by atoms with Crippen molar-refractivity contribution in [2.45, 2.75) is 19.6 Å². The molecule has 0 saturated carbocycles. The molecular weight excluding hydrogens is 411 g/mol. The van der Waals surface area contributed by atoms with Crippen LogP contribution in [0.1, 0.15) is 18.2 Å². The Morgan fingerprint density at radius 2 is 1.65 bits per heavy atom. The maximum atomic E-state index is 12.8. The highest BCUT2D eigenvalue weighted by Gasteiger charge is 2.32. The van der Waals surface area contributed by atoms with Crippen molar-refractivity contribution >= 4 is 23.2 Å². The minimum Gasteiger partial charge on any atom is -0.326 e. The summed E-state index contributed by atoms with van der Waals surface area (Å²) >= 11 is 0. The van der Waals surface area contributed by atoms with Gasteiger partial charge in [0.25, 0.3) is 0 Å². The lowest BCUT2D eigenvalue weighted by Crippen LogP contribution is -2.48. The molecule has 0 radical (unpaired) electrons. The van der Waals surface area contributed by atoms with Crippen LogP contribution < -0.4 is 10.6 Å². The molecule has 0 unspecified atom stereocenters. The largest absolute Gasteiger partial charge is 0.433 e. The fraction of sp³-hybridized carbons (Fsp3) is 0.381. The zero-order chi connectivity index (χ0) is 22.4. The third kappa shape index (κ3) is 7.04. The van der Waals surface area contributed by atoms with Crippen LogP contribution in [0.2, 0.25) is 0 Å². The highest BCUT2D eigenvalue weighted by molar-refractivity contribution is 5.94. The molecule has 7 nitrogen and oxygen atoms in total. The SMILES string of the molecule is CC(=O)Nc1cccc(NC(=O)CN2CCN(Cc3ccnc(C(F)(F)F)c3)CC2)c1. The van der Waals surface area contributed by atoms with Crippen LogP contribution in [-0.4, -0.2) is 59.3 Å². The van der Waals surface area contributed by atoms with Crippen LogP contribution in [0.25, 0.3) is 0 Å². The van der Waals surface area contributed by atoms with Gasteiger partial charge in [-0.05, 0) is 35.9 Å². The molecule has 0 bridgehead atoms. The van der Waals surface area contributed by atoms with Gasteiger partial charge >= 0.3 is 6.18 Å². The number of hydrogen-bond acceptors (Lipinski definition) is 5. The number of hydrogen-bond donors (Lipinski definition) is 2. The summed E-state index contributed by atoms with van der Waals surface area (Å²) in [4.78, 5) is 30.9. The summed E-state index contributed by atoms with van der Waals surface area (Å²) in [7, 11) is 0. The van der Waals surface area contributed by atoms with Gasteiger partial charge in [0.15, 0.2) is 0 Å². The molecule has 1 fully saturated rings. The summed E-state index contributed by atoms with van der Waals surface area (Å²) in [5.41, 5.74) is 0.868. The average molecular weight is 435 g/mol. The summed E-state index contributed by atoms with van der Waals surface area (Å²) in [5.74, 6) is -0.361. The molecule has 10 heteroatoms. The van der Waals surface area contributed by atoms with Gasteiger partial charge in [-0.3, -0.25) is 24.4 Å². The average Bonchev–Trinajstić information content (AvgIpc) is 2.69. The fourth-order valence-corrected chi connectivity index (χ4v) is 3.37. The van der Waals surface area contributed by atoms with Crippen LogP contribution in [0, 0.1) is 0 Å². The normalized spacial score (nSPS) is 15.5. The van der Waals surface area contributed by atoms with Gasteiger partial charge in [-0.25, -0.2) is 0 Å². The quantitative estimate of drug-likeness (QED) is 0.730. The Morgan fingerprint density at radius 1 is 1.00 bits per heavy atom. The van der Waals surface area contributed by atoms with Crippen molar-refractivity contribution in [3.05, 3.63) is 53.9 Å². The lowest BCUT2D eigenvalue weighted by atomic mass is 10.2. The number of rotatable bonds is 6. The number of amides is 2. The molecule has 1 aliphatic rings. The van der Waals surface area contributed by atoms with Gasteiger partial charge in [0, 0.05) is 57.2 Å². The standard InChI is InChI=1S/C21H24F3N5O2/c1-15(30)26-17-3-2-4-18(12-17)27-20(31)14-29-9-7-28(8-10-29)13-16-5-6-25-19(11-16)21(22,23)24/h2-6,11-12H,7-10,13-14H2,1H3,(H,26,30)(H,27,31). The number of nitrogens with zero attached hydrogens (tertiary/aromatic N) is 3. The first-order chi connectivity index (χ1) is 14.7. The molecule has 0 atom stereocenters. The number of aromatic nitrogens is 1. The van der Waals surface area contributed by atoms with E-state index in [9.17, 15) is 22.8 Å². The molecule has 31 heavy (non-hydrogen) atoms. The molecule has 3 rings (SSSR count). The predicted molar refractivity (Wildman–Crippen MR) is 110 cm³/mol. The maximum Gasteiger partial charge on any atom is 0.433 e. The fourth-order valence-electron chi connectivity index (χ4n) is 3.37. The Bertz CT molecular complexity index is 927. The van der Waals surface area contributed by atoms with Crippen molar-refractivity contribution in [1.29, 1.82) is 0 Å². The molecule has 2 aromatic rings. The molecule has 1 aliphatic heterocycles. The zero-order valence-corrected chi connectivity index (χ0v) is 17.1. The first-order valence-electron chi connectivity index (χ1n) is 9.83. The summed E-state index contributed by atoms with van der Waals surface area (Å²) in [6, 6.07) is 9.56. The molecule has 1 aromatic carbocycles. The second-order valence-corrected chi connectivity index (χ2v) is 7.41. The van der Waals surface area contributed by atoms with Crippen LogP contribution >= 0.6 is 0 Å². The minimum absolute atomic E-state index is 0.169. The molecule has 2 heterocycles. The monoisotopic (exact) mass is 435 g/mol. The Morgan fingerprint density at radius 3 is 2.29 bits per heavy atom. The first-order valence-corrected chi connectivity index (χ1v) is 9.83. The van der Waals surface area contributed by atoms with E-state index in [1.54, 1.807) is 30.3 Å². The van der Waals surface area contributed by atoms with E-state index < -0.39 is 11.9 Å². The van der Waals surface area contributed by atoms with Gasteiger partial charge in [-0.2, -0.15) is 13.2 Å². The molecule has 166 valence electrons. The third-order valence-corrected chi connectivity index (χ3v) is 4.82. The zero-order valence-electron chi connectivity index (χ0n) is 17.1. The van der Waals surface area contributed by atoms with Crippen molar-refractivity contribution < 1.29 is 22.8 Å². The van der Waals surface area contributed by atoms with Crippen LogP contribution in [0.15, 0.2) is 42.6 Å². The van der Waals surface area contributed by atoms with Gasteiger partial charge < -0.3 is 10.6 Å². The molecule has 0 spiro atoms. The van der Waals surface area contributed by atoms with Crippen LogP contribution in [-0.2, 0) is 22.3 Å². The van der Waals surface area contributed by atoms with E-state index in [0.717, 1.165) is 6.07 Å². The van der Waals surface area contributed by atoms with E-state index in [0.29, 0.717) is 49.7 Å². The van der Waals surface area contributed by atoms with Crippen molar-refractivity contribution in [3.63, 3.8) is 0 Å². The second-order valence-electron chi connectivity index (χ2n) is 7.41. The van der Waals surface area contributed by atoms with Gasteiger partial charge in [-0.1, -0.05) is 6.07 Å². The summed E-state index contributed by atoms with van der Waals surface area (Å²) < 4.78 is 38.4. The Kier molecular flexibility index (Phi) is 7.24. The summed E-state index contributed by atoms with van der Waals surface area (Å²) in [6.07, 6.45) is -3.27. The highest BCUT2D eigenvalue weighted by atomic mass is 19.4. The summed E-state index contributed by atoms with van der Waals surface area (Å²) in [5, 5.41) is 5.48.